The van der Waals surface area contributed by atoms with E-state index in [-0.39, 0.29) is 17.8 Å². The molecule has 8 nitrogen and oxygen atoms in total. The van der Waals surface area contributed by atoms with Crippen LogP contribution >= 0.6 is 0 Å². The first-order valence-electron chi connectivity index (χ1n) is 5.57. The van der Waals surface area contributed by atoms with Gasteiger partial charge in [0.1, 0.15) is 0 Å². The van der Waals surface area contributed by atoms with Gasteiger partial charge in [-0.05, 0) is 11.6 Å². The number of pyridine rings is 1. The summed E-state index contributed by atoms with van der Waals surface area (Å²) >= 11 is 0. The fourth-order valence-corrected chi connectivity index (χ4v) is 1.77. The lowest BCUT2D eigenvalue weighted by Gasteiger charge is -2.03. The van der Waals surface area contributed by atoms with Gasteiger partial charge in [0.2, 0.25) is 0 Å². The first kappa shape index (κ1) is 13.4. The Morgan fingerprint density at radius 1 is 1.00 bits per heavy atom. The van der Waals surface area contributed by atoms with Gasteiger partial charge in [-0.3, -0.25) is 20.2 Å². The highest BCUT2D eigenvalue weighted by molar-refractivity contribution is 5.50. The summed E-state index contributed by atoms with van der Waals surface area (Å²) in [5, 5.41) is 32.5. The molecule has 102 valence electrons. The van der Waals surface area contributed by atoms with E-state index in [1.54, 1.807) is 0 Å². The Labute approximate surface area is 112 Å². The molecule has 2 rings (SSSR count). The molecule has 8 heteroatoms. The van der Waals surface area contributed by atoms with E-state index in [0.717, 1.165) is 6.07 Å². The maximum atomic E-state index is 11.0. The van der Waals surface area contributed by atoms with Gasteiger partial charge in [0.15, 0.2) is 12.4 Å². The zero-order chi connectivity index (χ0) is 14.7. The molecular formula is C12H9N3O5. The van der Waals surface area contributed by atoms with Crippen molar-refractivity contribution >= 4 is 11.4 Å². The van der Waals surface area contributed by atoms with Crippen LogP contribution in [0.15, 0.2) is 42.7 Å². The van der Waals surface area contributed by atoms with Crippen molar-refractivity contribution in [3.05, 3.63) is 79.3 Å². The lowest BCUT2D eigenvalue weighted by Crippen LogP contribution is -2.23. The summed E-state index contributed by atoms with van der Waals surface area (Å²) in [5.41, 5.74) is 0.419. The van der Waals surface area contributed by atoms with E-state index in [9.17, 15) is 25.4 Å². The van der Waals surface area contributed by atoms with E-state index in [0.29, 0.717) is 15.9 Å². The molecule has 0 atom stereocenters. The van der Waals surface area contributed by atoms with Gasteiger partial charge >= 0.3 is 0 Å². The molecule has 20 heavy (non-hydrogen) atoms. The number of hydrogen-bond acceptors (Lipinski definition) is 5. The monoisotopic (exact) mass is 275 g/mol. The molecule has 0 radical (unpaired) electrons. The maximum Gasteiger partial charge on any atom is 0.279 e. The molecule has 0 saturated heterocycles. The minimum absolute atomic E-state index is 0.217. The van der Waals surface area contributed by atoms with Crippen LogP contribution in [0.1, 0.15) is 11.1 Å². The van der Waals surface area contributed by atoms with Crippen molar-refractivity contribution in [3.63, 3.8) is 0 Å². The van der Waals surface area contributed by atoms with Crippen molar-refractivity contribution in [1.29, 1.82) is 0 Å². The molecule has 0 aliphatic rings. The molecule has 0 aliphatic heterocycles. The number of nitro groups is 2. The predicted octanol–water partition coefficient (Wildman–Crippen LogP) is 1.73. The Hall–Kier alpha value is -3.03. The van der Waals surface area contributed by atoms with Crippen LogP contribution in [-0.4, -0.2) is 9.85 Å². The van der Waals surface area contributed by atoms with Crippen LogP contribution in [0.3, 0.4) is 0 Å². The zero-order valence-corrected chi connectivity index (χ0v) is 10.1. The minimum atomic E-state index is -0.681. The van der Waals surface area contributed by atoms with Gasteiger partial charge in [-0.25, -0.2) is 0 Å². The average molecular weight is 275 g/mol. The molecule has 2 aromatic rings. The number of nitrogens with zero attached hydrogens (tertiary/aromatic N) is 3. The number of aromatic nitrogens is 1. The topological polar surface area (TPSA) is 113 Å². The smallest absolute Gasteiger partial charge is 0.279 e. The second kappa shape index (κ2) is 5.31. The Kier molecular flexibility index (Phi) is 3.56. The average Bonchev–Trinajstić information content (AvgIpc) is 2.41. The number of hydrogen-bond donors (Lipinski definition) is 0. The van der Waals surface area contributed by atoms with Crippen LogP contribution in [0.4, 0.5) is 11.4 Å². The second-order valence-electron chi connectivity index (χ2n) is 4.07. The maximum absolute atomic E-state index is 11.0. The van der Waals surface area contributed by atoms with Crippen molar-refractivity contribution < 1.29 is 14.6 Å². The summed E-state index contributed by atoms with van der Waals surface area (Å²) in [7, 11) is 0. The van der Waals surface area contributed by atoms with Crippen molar-refractivity contribution in [2.45, 2.75) is 6.42 Å². The number of rotatable bonds is 4. The van der Waals surface area contributed by atoms with Crippen molar-refractivity contribution in [3.8, 4) is 0 Å². The SMILES string of the molecule is O=[N+]([O-])c1ccc(Cc2cc[n+]([O-])cc2)c([N+](=O)[O-])c1. The number of benzene rings is 1. The first-order valence-corrected chi connectivity index (χ1v) is 5.57. The highest BCUT2D eigenvalue weighted by atomic mass is 16.6. The fourth-order valence-electron chi connectivity index (χ4n) is 1.77. The van der Waals surface area contributed by atoms with Gasteiger partial charge < -0.3 is 5.21 Å². The Morgan fingerprint density at radius 2 is 1.65 bits per heavy atom. The molecule has 1 aromatic heterocycles. The van der Waals surface area contributed by atoms with E-state index >= 15 is 0 Å². The van der Waals surface area contributed by atoms with Crippen molar-refractivity contribution in [1.82, 2.24) is 0 Å². The third kappa shape index (κ3) is 2.86. The normalized spacial score (nSPS) is 10.2. The quantitative estimate of drug-likeness (QED) is 0.365. The van der Waals surface area contributed by atoms with Gasteiger partial charge in [0.25, 0.3) is 11.4 Å². The highest BCUT2D eigenvalue weighted by Gasteiger charge is 2.19. The molecule has 0 aliphatic carbocycles. The highest BCUT2D eigenvalue weighted by Crippen LogP contribution is 2.26. The van der Waals surface area contributed by atoms with E-state index in [1.165, 1.54) is 36.7 Å². The van der Waals surface area contributed by atoms with Gasteiger partial charge in [-0.1, -0.05) is 0 Å². The number of non-ortho nitro benzene ring substituents is 1. The summed E-state index contributed by atoms with van der Waals surface area (Å²) < 4.78 is 0.605. The third-order valence-corrected chi connectivity index (χ3v) is 2.74. The molecule has 0 fully saturated rings. The number of nitro benzene ring substituents is 2. The third-order valence-electron chi connectivity index (χ3n) is 2.74. The first-order chi connectivity index (χ1) is 9.47. The standard InChI is InChI=1S/C12H9N3O5/c16-13-5-3-9(4-6-13)7-10-1-2-11(14(17)18)8-12(10)15(19)20/h1-6,8H,7H2. The Morgan fingerprint density at radius 3 is 2.20 bits per heavy atom. The molecule has 0 spiro atoms. The molecule has 0 saturated carbocycles. The van der Waals surface area contributed by atoms with Crippen LogP contribution in [0.25, 0.3) is 0 Å². The summed E-state index contributed by atoms with van der Waals surface area (Å²) in [5.74, 6) is 0. The fraction of sp³-hybridized carbons (Fsp3) is 0.0833. The molecular weight excluding hydrogens is 266 g/mol. The van der Waals surface area contributed by atoms with Crippen LogP contribution in [0.5, 0.6) is 0 Å². The molecule has 0 unspecified atom stereocenters. The van der Waals surface area contributed by atoms with E-state index in [2.05, 4.69) is 0 Å². The molecule has 0 bridgehead atoms. The van der Waals surface area contributed by atoms with Gasteiger partial charge in [0, 0.05) is 30.2 Å². The van der Waals surface area contributed by atoms with E-state index in [1.807, 2.05) is 0 Å². The Balaban J connectivity index is 2.38. The summed E-state index contributed by atoms with van der Waals surface area (Å²) in [6.45, 7) is 0. The molecule has 1 heterocycles. The van der Waals surface area contributed by atoms with E-state index < -0.39 is 9.85 Å². The Bertz CT molecular complexity index is 669. The largest absolute Gasteiger partial charge is 0.619 e. The van der Waals surface area contributed by atoms with Crippen LogP contribution in [-0.2, 0) is 6.42 Å². The van der Waals surface area contributed by atoms with Crippen LogP contribution in [0, 0.1) is 25.4 Å². The van der Waals surface area contributed by atoms with Crippen molar-refractivity contribution in [2.24, 2.45) is 0 Å². The van der Waals surface area contributed by atoms with Gasteiger partial charge in [0.05, 0.1) is 15.9 Å². The second-order valence-corrected chi connectivity index (χ2v) is 4.07. The lowest BCUT2D eigenvalue weighted by atomic mass is 10.0. The minimum Gasteiger partial charge on any atom is -0.619 e. The molecule has 0 amide bonds. The van der Waals surface area contributed by atoms with Crippen LogP contribution in [0.2, 0.25) is 0 Å². The summed E-state index contributed by atoms with van der Waals surface area (Å²) in [6, 6.07) is 6.59. The predicted molar refractivity (Wildman–Crippen MR) is 68.0 cm³/mol. The van der Waals surface area contributed by atoms with E-state index in [4.69, 9.17) is 0 Å². The molecule has 1 aromatic carbocycles. The van der Waals surface area contributed by atoms with Crippen LogP contribution < -0.4 is 4.73 Å². The molecule has 0 N–H and O–H groups in total. The summed E-state index contributed by atoms with van der Waals surface area (Å²) in [6.07, 6.45) is 2.79. The van der Waals surface area contributed by atoms with Gasteiger partial charge in [-0.15, -0.1) is 0 Å². The lowest BCUT2D eigenvalue weighted by molar-refractivity contribution is -0.605. The zero-order valence-electron chi connectivity index (χ0n) is 10.1. The summed E-state index contributed by atoms with van der Waals surface area (Å²) in [4.78, 5) is 20.3. The van der Waals surface area contributed by atoms with Gasteiger partial charge in [-0.2, -0.15) is 4.73 Å². The van der Waals surface area contributed by atoms with Crippen molar-refractivity contribution in [2.75, 3.05) is 0 Å².